The Bertz CT molecular complexity index is 415. The molecule has 4 nitrogen and oxygen atoms in total. The van der Waals surface area contributed by atoms with E-state index in [1.54, 1.807) is 6.08 Å². The number of hydrogen-bond donors (Lipinski definition) is 0. The lowest BCUT2D eigenvalue weighted by atomic mass is 9.82. The van der Waals surface area contributed by atoms with Gasteiger partial charge >= 0.3 is 0 Å². The fourth-order valence-corrected chi connectivity index (χ4v) is 3.91. The Morgan fingerprint density at radius 1 is 1.05 bits per heavy atom. The molecule has 1 spiro atoms. The van der Waals surface area contributed by atoms with Gasteiger partial charge in [-0.05, 0) is 37.2 Å². The first-order valence-corrected chi connectivity index (χ1v) is 8.81. The van der Waals surface area contributed by atoms with Gasteiger partial charge in [-0.2, -0.15) is 0 Å². The van der Waals surface area contributed by atoms with E-state index in [4.69, 9.17) is 9.47 Å². The summed E-state index contributed by atoms with van der Waals surface area (Å²) in [6.07, 6.45) is 11.9. The number of morpholine rings is 1. The average Bonchev–Trinajstić information content (AvgIpc) is 2.54. The zero-order chi connectivity index (χ0) is 15.5. The minimum atomic E-state index is -0.0530. The van der Waals surface area contributed by atoms with Crippen LogP contribution in [0.25, 0.3) is 0 Å². The fourth-order valence-electron chi connectivity index (χ4n) is 3.91. The first-order chi connectivity index (χ1) is 10.6. The Morgan fingerprint density at radius 2 is 1.77 bits per heavy atom. The smallest absolute Gasteiger partial charge is 0.246 e. The maximum atomic E-state index is 12.6. The van der Waals surface area contributed by atoms with Crippen LogP contribution in [0.1, 0.15) is 51.9 Å². The molecule has 22 heavy (non-hydrogen) atoms. The summed E-state index contributed by atoms with van der Waals surface area (Å²) in [5.74, 6) is 0.154. The molecule has 0 bridgehead atoms. The van der Waals surface area contributed by atoms with Gasteiger partial charge in [0.05, 0.1) is 18.8 Å². The van der Waals surface area contributed by atoms with E-state index >= 15 is 0 Å². The second kappa shape index (κ2) is 6.71. The lowest BCUT2D eigenvalue weighted by Gasteiger charge is -2.44. The summed E-state index contributed by atoms with van der Waals surface area (Å²) in [6.45, 7) is 6.01. The molecule has 2 saturated heterocycles. The van der Waals surface area contributed by atoms with E-state index in [9.17, 15) is 4.79 Å². The van der Waals surface area contributed by atoms with E-state index in [0.717, 1.165) is 52.0 Å². The molecular weight excluding hydrogens is 278 g/mol. The SMILES string of the molecule is CC1(C=CC(=O)N2CCOC3(CCCCC3)C2)CCOCC1. The molecule has 1 saturated carbocycles. The molecule has 2 aliphatic heterocycles. The zero-order valence-electron chi connectivity index (χ0n) is 13.8. The zero-order valence-corrected chi connectivity index (χ0v) is 13.8. The summed E-state index contributed by atoms with van der Waals surface area (Å²) in [5.41, 5.74) is 0.0608. The van der Waals surface area contributed by atoms with Gasteiger partial charge in [-0.3, -0.25) is 4.79 Å². The summed E-state index contributed by atoms with van der Waals surface area (Å²) in [7, 11) is 0. The van der Waals surface area contributed by atoms with Crippen molar-refractivity contribution in [1.29, 1.82) is 0 Å². The third-order valence-electron chi connectivity index (χ3n) is 5.59. The van der Waals surface area contributed by atoms with Crippen LogP contribution in [0.2, 0.25) is 0 Å². The molecule has 0 aromatic carbocycles. The predicted molar refractivity (Wildman–Crippen MR) is 85.6 cm³/mol. The number of carbonyl (C=O) groups excluding carboxylic acids is 1. The lowest BCUT2D eigenvalue weighted by Crippen LogP contribution is -2.54. The quantitative estimate of drug-likeness (QED) is 0.736. The second-order valence-electron chi connectivity index (χ2n) is 7.45. The molecule has 0 unspecified atom stereocenters. The highest BCUT2D eigenvalue weighted by Gasteiger charge is 2.38. The van der Waals surface area contributed by atoms with Crippen molar-refractivity contribution in [2.45, 2.75) is 57.5 Å². The Kier molecular flexibility index (Phi) is 4.88. The van der Waals surface area contributed by atoms with Crippen molar-refractivity contribution in [3.05, 3.63) is 12.2 Å². The standard InChI is InChI=1S/C18H29NO3/c1-17(9-12-21-13-10-17)8-5-16(20)19-11-14-22-18(15-19)6-3-2-4-7-18/h5,8H,2-4,6-7,9-15H2,1H3. The van der Waals surface area contributed by atoms with Crippen molar-refractivity contribution >= 4 is 5.91 Å². The van der Waals surface area contributed by atoms with E-state index in [2.05, 4.69) is 13.0 Å². The van der Waals surface area contributed by atoms with Crippen LogP contribution in [0.15, 0.2) is 12.2 Å². The monoisotopic (exact) mass is 307 g/mol. The molecule has 0 aromatic rings. The Hall–Kier alpha value is -0.870. The highest BCUT2D eigenvalue weighted by molar-refractivity contribution is 5.87. The maximum Gasteiger partial charge on any atom is 0.246 e. The first-order valence-electron chi connectivity index (χ1n) is 8.81. The normalized spacial score (nSPS) is 28.1. The molecule has 124 valence electrons. The van der Waals surface area contributed by atoms with Gasteiger partial charge in [0.2, 0.25) is 5.91 Å². The van der Waals surface area contributed by atoms with E-state index in [1.165, 1.54) is 19.3 Å². The van der Waals surface area contributed by atoms with Crippen LogP contribution in [0, 0.1) is 5.41 Å². The maximum absolute atomic E-state index is 12.6. The summed E-state index contributed by atoms with van der Waals surface area (Å²) < 4.78 is 11.5. The largest absolute Gasteiger partial charge is 0.381 e. The molecule has 2 heterocycles. The molecule has 1 amide bonds. The van der Waals surface area contributed by atoms with Crippen molar-refractivity contribution in [3.63, 3.8) is 0 Å². The van der Waals surface area contributed by atoms with E-state index in [1.807, 2.05) is 4.90 Å². The van der Waals surface area contributed by atoms with Gasteiger partial charge in [0.1, 0.15) is 0 Å². The minimum absolute atomic E-state index is 0.0530. The minimum Gasteiger partial charge on any atom is -0.381 e. The Balaban J connectivity index is 1.59. The molecule has 0 N–H and O–H groups in total. The van der Waals surface area contributed by atoms with Crippen LogP contribution in [-0.4, -0.2) is 49.3 Å². The number of allylic oxidation sites excluding steroid dienone is 1. The summed E-state index contributed by atoms with van der Waals surface area (Å²) in [5, 5.41) is 0. The molecule has 3 fully saturated rings. The van der Waals surface area contributed by atoms with Crippen LogP contribution in [-0.2, 0) is 14.3 Å². The van der Waals surface area contributed by atoms with Gasteiger partial charge in [0, 0.05) is 19.8 Å². The molecule has 0 atom stereocenters. The average molecular weight is 307 g/mol. The van der Waals surface area contributed by atoms with Crippen LogP contribution in [0.5, 0.6) is 0 Å². The van der Waals surface area contributed by atoms with Gasteiger partial charge < -0.3 is 14.4 Å². The third kappa shape index (κ3) is 3.72. The van der Waals surface area contributed by atoms with Crippen molar-refractivity contribution in [3.8, 4) is 0 Å². The first kappa shape index (κ1) is 16.0. The van der Waals surface area contributed by atoms with Gasteiger partial charge in [-0.15, -0.1) is 0 Å². The summed E-state index contributed by atoms with van der Waals surface area (Å²) in [4.78, 5) is 14.6. The van der Waals surface area contributed by atoms with Crippen molar-refractivity contribution in [2.75, 3.05) is 32.9 Å². The number of amides is 1. The van der Waals surface area contributed by atoms with Crippen molar-refractivity contribution < 1.29 is 14.3 Å². The van der Waals surface area contributed by atoms with E-state index in [0.29, 0.717) is 6.61 Å². The fraction of sp³-hybridized carbons (Fsp3) is 0.833. The summed E-state index contributed by atoms with van der Waals surface area (Å²) >= 11 is 0. The number of carbonyl (C=O) groups is 1. The molecule has 0 radical (unpaired) electrons. The Labute approximate surface area is 133 Å². The van der Waals surface area contributed by atoms with Gasteiger partial charge in [-0.25, -0.2) is 0 Å². The third-order valence-corrected chi connectivity index (χ3v) is 5.59. The molecule has 3 aliphatic rings. The Morgan fingerprint density at radius 3 is 2.50 bits per heavy atom. The van der Waals surface area contributed by atoms with Crippen molar-refractivity contribution in [2.24, 2.45) is 5.41 Å². The lowest BCUT2D eigenvalue weighted by molar-refractivity contribution is -0.152. The number of ether oxygens (including phenoxy) is 2. The van der Waals surface area contributed by atoms with Crippen LogP contribution in [0.4, 0.5) is 0 Å². The second-order valence-corrected chi connectivity index (χ2v) is 7.45. The van der Waals surface area contributed by atoms with Gasteiger partial charge in [0.15, 0.2) is 0 Å². The van der Waals surface area contributed by atoms with Crippen LogP contribution in [0.3, 0.4) is 0 Å². The summed E-state index contributed by atoms with van der Waals surface area (Å²) in [6, 6.07) is 0. The molecule has 4 heteroatoms. The highest BCUT2D eigenvalue weighted by atomic mass is 16.5. The predicted octanol–water partition coefficient (Wildman–Crippen LogP) is 2.92. The topological polar surface area (TPSA) is 38.8 Å². The van der Waals surface area contributed by atoms with E-state index < -0.39 is 0 Å². The molecule has 1 aliphatic carbocycles. The van der Waals surface area contributed by atoms with Gasteiger partial charge in [0.25, 0.3) is 0 Å². The highest BCUT2D eigenvalue weighted by Crippen LogP contribution is 2.35. The number of rotatable bonds is 2. The molecular formula is C18H29NO3. The number of hydrogen-bond acceptors (Lipinski definition) is 3. The van der Waals surface area contributed by atoms with Gasteiger partial charge in [-0.1, -0.05) is 32.3 Å². The molecule has 3 rings (SSSR count). The molecule has 0 aromatic heterocycles. The van der Waals surface area contributed by atoms with E-state index in [-0.39, 0.29) is 16.9 Å². The van der Waals surface area contributed by atoms with Crippen LogP contribution < -0.4 is 0 Å². The van der Waals surface area contributed by atoms with Crippen LogP contribution >= 0.6 is 0 Å². The van der Waals surface area contributed by atoms with Crippen molar-refractivity contribution in [1.82, 2.24) is 4.90 Å². The number of nitrogens with zero attached hydrogens (tertiary/aromatic N) is 1.